The van der Waals surface area contributed by atoms with Gasteiger partial charge in [-0.25, -0.2) is 0 Å². The highest BCUT2D eigenvalue weighted by molar-refractivity contribution is 7.80. The Labute approximate surface area is 192 Å². The average molecular weight is 456 g/mol. The summed E-state index contributed by atoms with van der Waals surface area (Å²) in [5, 5.41) is 5.62. The van der Waals surface area contributed by atoms with Crippen LogP contribution in [0, 0.1) is 0 Å². The van der Waals surface area contributed by atoms with Crippen LogP contribution in [0.1, 0.15) is 15.9 Å². The molecular weight excluding hydrogens is 430 g/mol. The standard InChI is InChI=1S/C23H25N3O5S/c1-29-19-9-7-16(15-20(19)30-2)8-10-21(27)25-23(32)24-18-6-4-3-5-17(18)22(28)26-11-13-31-14-12-26/h3-10,15H,11-14H2,1-2H3,(H2,24,25,27,32). The third-order valence-corrected chi connectivity index (χ3v) is 4.98. The van der Waals surface area contributed by atoms with E-state index in [4.69, 9.17) is 26.4 Å². The molecule has 0 unspecified atom stereocenters. The molecular formula is C23H25N3O5S. The molecule has 2 aromatic carbocycles. The number of para-hydroxylation sites is 1. The van der Waals surface area contributed by atoms with E-state index in [1.54, 1.807) is 67.7 Å². The van der Waals surface area contributed by atoms with Crippen molar-refractivity contribution in [3.05, 3.63) is 59.7 Å². The molecule has 1 aliphatic rings. The maximum absolute atomic E-state index is 12.9. The molecule has 1 aliphatic heterocycles. The summed E-state index contributed by atoms with van der Waals surface area (Å²) in [7, 11) is 3.10. The lowest BCUT2D eigenvalue weighted by Crippen LogP contribution is -2.41. The lowest BCUT2D eigenvalue weighted by atomic mass is 10.1. The third-order valence-electron chi connectivity index (χ3n) is 4.78. The summed E-state index contributed by atoms with van der Waals surface area (Å²) >= 11 is 5.26. The van der Waals surface area contributed by atoms with Gasteiger partial charge in [0.1, 0.15) is 0 Å². The van der Waals surface area contributed by atoms with E-state index in [9.17, 15) is 9.59 Å². The SMILES string of the molecule is COc1ccc(C=CC(=O)NC(=S)Nc2ccccc2C(=O)N2CCOCC2)cc1OC. The topological polar surface area (TPSA) is 89.1 Å². The highest BCUT2D eigenvalue weighted by Gasteiger charge is 2.21. The highest BCUT2D eigenvalue weighted by Crippen LogP contribution is 2.28. The predicted octanol–water partition coefficient (Wildman–Crippen LogP) is 2.70. The number of morpholine rings is 1. The molecule has 0 radical (unpaired) electrons. The molecule has 9 heteroatoms. The van der Waals surface area contributed by atoms with Crippen LogP contribution in [0.3, 0.4) is 0 Å². The lowest BCUT2D eigenvalue weighted by molar-refractivity contribution is -0.115. The zero-order valence-corrected chi connectivity index (χ0v) is 18.7. The minimum Gasteiger partial charge on any atom is -0.493 e. The molecule has 168 valence electrons. The molecule has 0 saturated carbocycles. The van der Waals surface area contributed by atoms with Gasteiger partial charge in [0, 0.05) is 19.2 Å². The van der Waals surface area contributed by atoms with E-state index < -0.39 is 5.91 Å². The first kappa shape index (κ1) is 23.2. The fraction of sp³-hybridized carbons (Fsp3) is 0.261. The van der Waals surface area contributed by atoms with Gasteiger partial charge in [0.25, 0.3) is 5.91 Å². The normalized spacial score (nSPS) is 13.5. The Morgan fingerprint density at radius 3 is 2.50 bits per heavy atom. The summed E-state index contributed by atoms with van der Waals surface area (Å²) in [5.41, 5.74) is 1.77. The molecule has 2 amide bonds. The summed E-state index contributed by atoms with van der Waals surface area (Å²) in [6, 6.07) is 12.4. The van der Waals surface area contributed by atoms with E-state index in [-0.39, 0.29) is 11.0 Å². The molecule has 8 nitrogen and oxygen atoms in total. The van der Waals surface area contributed by atoms with Crippen molar-refractivity contribution in [1.29, 1.82) is 0 Å². The molecule has 0 aromatic heterocycles. The summed E-state index contributed by atoms with van der Waals surface area (Å²) in [5.74, 6) is 0.645. The zero-order valence-electron chi connectivity index (χ0n) is 17.9. The van der Waals surface area contributed by atoms with Crippen molar-refractivity contribution in [2.45, 2.75) is 0 Å². The minimum absolute atomic E-state index is 0.0918. The van der Waals surface area contributed by atoms with E-state index in [0.29, 0.717) is 49.1 Å². The number of ether oxygens (including phenoxy) is 3. The molecule has 0 aliphatic carbocycles. The van der Waals surface area contributed by atoms with E-state index >= 15 is 0 Å². The van der Waals surface area contributed by atoms with Crippen LogP contribution >= 0.6 is 12.2 Å². The van der Waals surface area contributed by atoms with Crippen LogP contribution in [0.5, 0.6) is 11.5 Å². The van der Waals surface area contributed by atoms with Crippen LogP contribution < -0.4 is 20.1 Å². The summed E-state index contributed by atoms with van der Waals surface area (Å²) in [4.78, 5) is 26.9. The molecule has 0 atom stereocenters. The Hall–Kier alpha value is -3.43. The Kier molecular flexibility index (Phi) is 8.18. The second-order valence-electron chi connectivity index (χ2n) is 6.84. The molecule has 3 rings (SSSR count). The van der Waals surface area contributed by atoms with E-state index in [1.165, 1.54) is 6.08 Å². The number of hydrogen-bond donors (Lipinski definition) is 2. The third kappa shape index (κ3) is 6.05. The number of rotatable bonds is 6. The number of nitrogens with zero attached hydrogens (tertiary/aromatic N) is 1. The molecule has 0 spiro atoms. The molecule has 1 fully saturated rings. The van der Waals surface area contributed by atoms with Crippen molar-refractivity contribution in [2.75, 3.05) is 45.8 Å². The first-order valence-corrected chi connectivity index (χ1v) is 10.4. The van der Waals surface area contributed by atoms with Gasteiger partial charge < -0.3 is 24.4 Å². The van der Waals surface area contributed by atoms with Gasteiger partial charge in [-0.1, -0.05) is 18.2 Å². The quantitative estimate of drug-likeness (QED) is 0.511. The Bertz CT molecular complexity index is 1020. The second kappa shape index (κ2) is 11.3. The fourth-order valence-corrected chi connectivity index (χ4v) is 3.36. The minimum atomic E-state index is -0.408. The van der Waals surface area contributed by atoms with Gasteiger partial charge in [0.05, 0.1) is 38.7 Å². The van der Waals surface area contributed by atoms with Crippen molar-refractivity contribution in [3.8, 4) is 11.5 Å². The van der Waals surface area contributed by atoms with Crippen LogP contribution in [-0.2, 0) is 9.53 Å². The maximum Gasteiger partial charge on any atom is 0.256 e. The number of carbonyl (C=O) groups is 2. The fourth-order valence-electron chi connectivity index (χ4n) is 3.15. The molecule has 32 heavy (non-hydrogen) atoms. The van der Waals surface area contributed by atoms with Crippen molar-refractivity contribution < 1.29 is 23.8 Å². The monoisotopic (exact) mass is 455 g/mol. The van der Waals surface area contributed by atoms with Gasteiger partial charge in [0.2, 0.25) is 5.91 Å². The Morgan fingerprint density at radius 1 is 1.06 bits per heavy atom. The number of benzene rings is 2. The lowest BCUT2D eigenvalue weighted by Gasteiger charge is -2.27. The number of thiocarbonyl (C=S) groups is 1. The largest absolute Gasteiger partial charge is 0.493 e. The van der Waals surface area contributed by atoms with Crippen molar-refractivity contribution in [2.24, 2.45) is 0 Å². The second-order valence-corrected chi connectivity index (χ2v) is 7.25. The summed E-state index contributed by atoms with van der Waals surface area (Å²) < 4.78 is 15.8. The maximum atomic E-state index is 12.9. The number of nitrogens with one attached hydrogen (secondary N) is 2. The number of amides is 2. The van der Waals surface area contributed by atoms with E-state index in [2.05, 4.69) is 10.6 Å². The number of methoxy groups -OCH3 is 2. The van der Waals surface area contributed by atoms with Gasteiger partial charge in [-0.15, -0.1) is 0 Å². The van der Waals surface area contributed by atoms with Gasteiger partial charge in [-0.05, 0) is 48.1 Å². The number of carbonyl (C=O) groups excluding carboxylic acids is 2. The van der Waals surface area contributed by atoms with Crippen LogP contribution in [0.4, 0.5) is 5.69 Å². The van der Waals surface area contributed by atoms with Gasteiger partial charge >= 0.3 is 0 Å². The zero-order chi connectivity index (χ0) is 22.9. The predicted molar refractivity (Wildman–Crippen MR) is 126 cm³/mol. The highest BCUT2D eigenvalue weighted by atomic mass is 32.1. The smallest absolute Gasteiger partial charge is 0.256 e. The van der Waals surface area contributed by atoms with Crippen LogP contribution in [-0.4, -0.2) is 62.3 Å². The molecule has 1 saturated heterocycles. The number of anilines is 1. The molecule has 2 aromatic rings. The van der Waals surface area contributed by atoms with E-state index in [1.807, 2.05) is 0 Å². The first-order valence-electron chi connectivity index (χ1n) is 10.00. The average Bonchev–Trinajstić information content (AvgIpc) is 2.83. The van der Waals surface area contributed by atoms with Crippen molar-refractivity contribution in [1.82, 2.24) is 10.2 Å². The summed E-state index contributed by atoms with van der Waals surface area (Å²) in [6.45, 7) is 2.11. The van der Waals surface area contributed by atoms with Gasteiger partial charge in [-0.3, -0.25) is 14.9 Å². The van der Waals surface area contributed by atoms with Crippen molar-refractivity contribution >= 4 is 40.9 Å². The van der Waals surface area contributed by atoms with Crippen molar-refractivity contribution in [3.63, 3.8) is 0 Å². The van der Waals surface area contributed by atoms with Gasteiger partial charge in [0.15, 0.2) is 16.6 Å². The summed E-state index contributed by atoms with van der Waals surface area (Å²) in [6.07, 6.45) is 3.00. The Balaban J connectivity index is 1.61. The van der Waals surface area contributed by atoms with Crippen LogP contribution in [0.2, 0.25) is 0 Å². The first-order chi connectivity index (χ1) is 15.5. The Morgan fingerprint density at radius 2 is 1.78 bits per heavy atom. The molecule has 2 N–H and O–H groups in total. The van der Waals surface area contributed by atoms with E-state index in [0.717, 1.165) is 5.56 Å². The number of hydrogen-bond acceptors (Lipinski definition) is 6. The van der Waals surface area contributed by atoms with Crippen LogP contribution in [0.15, 0.2) is 48.5 Å². The molecule has 1 heterocycles. The van der Waals surface area contributed by atoms with Gasteiger partial charge in [-0.2, -0.15) is 0 Å². The van der Waals surface area contributed by atoms with Crippen LogP contribution in [0.25, 0.3) is 6.08 Å². The molecule has 0 bridgehead atoms.